The van der Waals surface area contributed by atoms with Crippen LogP contribution in [0.5, 0.6) is 0 Å². The maximum absolute atomic E-state index is 11.0. The predicted octanol–water partition coefficient (Wildman–Crippen LogP) is 1.42. The van der Waals surface area contributed by atoms with Gasteiger partial charge >= 0.3 is 5.97 Å². The second-order valence-corrected chi connectivity index (χ2v) is 2.73. The monoisotopic (exact) mass is 208 g/mol. The lowest BCUT2D eigenvalue weighted by Gasteiger charge is -2.12. The van der Waals surface area contributed by atoms with Crippen LogP contribution in [0.4, 0.5) is 5.69 Å². The number of carboxylic acids is 1. The molecule has 0 saturated carbocycles. The lowest BCUT2D eigenvalue weighted by Crippen LogP contribution is -2.23. The van der Waals surface area contributed by atoms with Crippen LogP contribution in [-0.4, -0.2) is 17.0 Å². The summed E-state index contributed by atoms with van der Waals surface area (Å²) in [6.45, 7) is 1.13. The molecule has 78 valence electrons. The van der Waals surface area contributed by atoms with Crippen molar-refractivity contribution in [3.05, 3.63) is 34.7 Å². The quantitative estimate of drug-likeness (QED) is 0.601. The summed E-state index contributed by atoms with van der Waals surface area (Å²) in [4.78, 5) is 32.2. The fourth-order valence-electron chi connectivity index (χ4n) is 1.11. The Kier molecular flexibility index (Phi) is 3.12. The molecule has 15 heavy (non-hydrogen) atoms. The van der Waals surface area contributed by atoms with Gasteiger partial charge in [0.2, 0.25) is 5.91 Å². The van der Waals surface area contributed by atoms with Gasteiger partial charge in [-0.15, -0.1) is 4.91 Å². The molecule has 0 aliphatic rings. The van der Waals surface area contributed by atoms with Crippen molar-refractivity contribution in [2.24, 2.45) is 5.29 Å². The Labute approximate surface area is 85.1 Å². The van der Waals surface area contributed by atoms with Gasteiger partial charge in [0.1, 0.15) is 0 Å². The van der Waals surface area contributed by atoms with Crippen LogP contribution >= 0.6 is 0 Å². The van der Waals surface area contributed by atoms with Crippen molar-refractivity contribution in [2.75, 3.05) is 5.01 Å². The van der Waals surface area contributed by atoms with Crippen LogP contribution in [0.15, 0.2) is 29.6 Å². The number of hydrogen-bond donors (Lipinski definition) is 1. The molecule has 6 nitrogen and oxygen atoms in total. The van der Waals surface area contributed by atoms with Gasteiger partial charge in [0.15, 0.2) is 0 Å². The van der Waals surface area contributed by atoms with Crippen LogP contribution < -0.4 is 5.01 Å². The zero-order chi connectivity index (χ0) is 11.4. The zero-order valence-corrected chi connectivity index (χ0v) is 7.88. The smallest absolute Gasteiger partial charge is 0.337 e. The van der Waals surface area contributed by atoms with E-state index < -0.39 is 11.9 Å². The Morgan fingerprint density at radius 2 is 1.93 bits per heavy atom. The average Bonchev–Trinajstić information content (AvgIpc) is 2.18. The molecule has 0 fully saturated rings. The highest BCUT2D eigenvalue weighted by molar-refractivity contribution is 6.00. The summed E-state index contributed by atoms with van der Waals surface area (Å²) in [5.74, 6) is -1.86. The summed E-state index contributed by atoms with van der Waals surface area (Å²) in [7, 11) is 0. The number of nitroso groups, excluding NO2 is 1. The first-order valence-electron chi connectivity index (χ1n) is 4.04. The molecule has 1 aromatic rings. The molecule has 0 heterocycles. The van der Waals surface area contributed by atoms with Gasteiger partial charge in [0.25, 0.3) is 0 Å². The zero-order valence-electron chi connectivity index (χ0n) is 7.88. The van der Waals surface area contributed by atoms with Gasteiger partial charge in [-0.2, -0.15) is 5.01 Å². The number of amides is 1. The van der Waals surface area contributed by atoms with Crippen LogP contribution in [-0.2, 0) is 4.79 Å². The SMILES string of the molecule is CC(=O)N(N=O)c1ccccc1C(=O)O. The third-order valence-electron chi connectivity index (χ3n) is 1.74. The Hall–Kier alpha value is -2.24. The van der Waals surface area contributed by atoms with E-state index in [9.17, 15) is 14.5 Å². The number of anilines is 1. The van der Waals surface area contributed by atoms with E-state index in [1.807, 2.05) is 0 Å². The number of rotatable bonds is 3. The summed E-state index contributed by atoms with van der Waals surface area (Å²) < 4.78 is 0. The summed E-state index contributed by atoms with van der Waals surface area (Å²) in [6.07, 6.45) is 0. The molecule has 0 aromatic heterocycles. The van der Waals surface area contributed by atoms with Gasteiger partial charge in [-0.1, -0.05) is 12.1 Å². The van der Waals surface area contributed by atoms with Crippen molar-refractivity contribution < 1.29 is 14.7 Å². The minimum atomic E-state index is -1.22. The summed E-state index contributed by atoms with van der Waals surface area (Å²) in [5, 5.41) is 11.8. The highest BCUT2D eigenvalue weighted by Crippen LogP contribution is 2.20. The van der Waals surface area contributed by atoms with Crippen LogP contribution in [0.3, 0.4) is 0 Å². The second kappa shape index (κ2) is 4.32. The second-order valence-electron chi connectivity index (χ2n) is 2.73. The van der Waals surface area contributed by atoms with Crippen molar-refractivity contribution in [1.29, 1.82) is 0 Å². The van der Waals surface area contributed by atoms with Crippen molar-refractivity contribution in [1.82, 2.24) is 0 Å². The van der Waals surface area contributed by atoms with Gasteiger partial charge in [-0.25, -0.2) is 4.79 Å². The molecular formula is C9H8N2O4. The first kappa shape index (κ1) is 10.8. The van der Waals surface area contributed by atoms with Gasteiger partial charge in [0.05, 0.1) is 16.5 Å². The van der Waals surface area contributed by atoms with Crippen LogP contribution in [0.2, 0.25) is 0 Å². The molecule has 0 spiro atoms. The van der Waals surface area contributed by atoms with Gasteiger partial charge in [-0.3, -0.25) is 4.79 Å². The molecule has 0 atom stereocenters. The molecule has 0 unspecified atom stereocenters. The highest BCUT2D eigenvalue weighted by Gasteiger charge is 2.18. The third kappa shape index (κ3) is 2.16. The molecule has 1 aromatic carbocycles. The first-order chi connectivity index (χ1) is 7.07. The Morgan fingerprint density at radius 1 is 1.33 bits per heavy atom. The molecule has 0 saturated heterocycles. The standard InChI is InChI=1S/C9H8N2O4/c1-6(12)11(10-15)8-5-3-2-4-7(8)9(13)14/h2-5H,1H3,(H,13,14). The number of benzene rings is 1. The van der Waals surface area contributed by atoms with Crippen molar-refractivity contribution in [2.45, 2.75) is 6.92 Å². The van der Waals surface area contributed by atoms with E-state index in [1.165, 1.54) is 24.3 Å². The van der Waals surface area contributed by atoms with Crippen molar-refractivity contribution in [3.8, 4) is 0 Å². The summed E-state index contributed by atoms with van der Waals surface area (Å²) in [5.41, 5.74) is -0.181. The number of hydrogen-bond acceptors (Lipinski definition) is 4. The minimum absolute atomic E-state index is 0.0347. The number of para-hydroxylation sites is 1. The Balaban J connectivity index is 3.28. The summed E-state index contributed by atoms with van der Waals surface area (Å²) in [6, 6.07) is 5.64. The lowest BCUT2D eigenvalue weighted by atomic mass is 10.2. The number of carbonyl (C=O) groups is 2. The van der Waals surface area contributed by atoms with E-state index >= 15 is 0 Å². The van der Waals surface area contributed by atoms with Gasteiger partial charge in [0, 0.05) is 6.92 Å². The van der Waals surface area contributed by atoms with Crippen LogP contribution in [0.25, 0.3) is 0 Å². The van der Waals surface area contributed by atoms with Crippen LogP contribution in [0.1, 0.15) is 17.3 Å². The number of carbonyl (C=O) groups excluding carboxylic acids is 1. The highest BCUT2D eigenvalue weighted by atomic mass is 16.4. The maximum Gasteiger partial charge on any atom is 0.337 e. The molecule has 1 rings (SSSR count). The average molecular weight is 208 g/mol. The first-order valence-corrected chi connectivity index (χ1v) is 4.04. The van der Waals surface area contributed by atoms with E-state index in [1.54, 1.807) is 0 Å². The minimum Gasteiger partial charge on any atom is -0.478 e. The third-order valence-corrected chi connectivity index (χ3v) is 1.74. The number of aromatic carboxylic acids is 1. The number of carboxylic acid groups (broad SMARTS) is 1. The lowest BCUT2D eigenvalue weighted by molar-refractivity contribution is -0.116. The number of nitrogens with zero attached hydrogens (tertiary/aromatic N) is 2. The normalized spacial score (nSPS) is 9.40. The van der Waals surface area contributed by atoms with Gasteiger partial charge < -0.3 is 5.11 Å². The van der Waals surface area contributed by atoms with Crippen molar-refractivity contribution >= 4 is 17.6 Å². The molecule has 0 radical (unpaired) electrons. The van der Waals surface area contributed by atoms with E-state index in [-0.39, 0.29) is 11.3 Å². The maximum atomic E-state index is 11.0. The molecule has 0 aliphatic carbocycles. The molecular weight excluding hydrogens is 200 g/mol. The van der Waals surface area contributed by atoms with E-state index in [2.05, 4.69) is 5.29 Å². The fourth-order valence-corrected chi connectivity index (χ4v) is 1.11. The Morgan fingerprint density at radius 3 is 2.40 bits per heavy atom. The van der Waals surface area contributed by atoms with E-state index in [0.29, 0.717) is 5.01 Å². The topological polar surface area (TPSA) is 87.0 Å². The van der Waals surface area contributed by atoms with Gasteiger partial charge in [-0.05, 0) is 12.1 Å². The van der Waals surface area contributed by atoms with E-state index in [0.717, 1.165) is 6.92 Å². The predicted molar refractivity (Wildman–Crippen MR) is 52.4 cm³/mol. The fraction of sp³-hybridized carbons (Fsp3) is 0.111. The van der Waals surface area contributed by atoms with Crippen LogP contribution in [0, 0.1) is 4.91 Å². The molecule has 6 heteroatoms. The van der Waals surface area contributed by atoms with Crippen molar-refractivity contribution in [3.63, 3.8) is 0 Å². The van der Waals surface area contributed by atoms with E-state index in [4.69, 9.17) is 5.11 Å². The Bertz CT molecular complexity index is 416. The molecule has 1 N–H and O–H groups in total. The molecule has 0 aliphatic heterocycles. The largest absolute Gasteiger partial charge is 0.478 e. The molecule has 1 amide bonds. The summed E-state index contributed by atoms with van der Waals surface area (Å²) >= 11 is 0. The molecule has 0 bridgehead atoms.